The largest absolute Gasteiger partial charge is 0.493 e. The van der Waals surface area contributed by atoms with Crippen molar-refractivity contribution >= 4 is 5.71 Å². The van der Waals surface area contributed by atoms with Crippen LogP contribution in [0.2, 0.25) is 0 Å². The fourth-order valence-electron chi connectivity index (χ4n) is 1.97. The Hall–Kier alpha value is -1.51. The molecule has 0 aliphatic heterocycles. The van der Waals surface area contributed by atoms with Crippen molar-refractivity contribution in [3.05, 3.63) is 29.3 Å². The van der Waals surface area contributed by atoms with Crippen LogP contribution in [0.15, 0.2) is 23.4 Å². The molecular formula is C13H17NO2. The van der Waals surface area contributed by atoms with Gasteiger partial charge in [0.05, 0.1) is 12.3 Å². The lowest BCUT2D eigenvalue weighted by atomic mass is 10.1. The van der Waals surface area contributed by atoms with Crippen molar-refractivity contribution in [2.45, 2.75) is 26.7 Å². The monoisotopic (exact) mass is 219 g/mol. The van der Waals surface area contributed by atoms with Gasteiger partial charge in [0.15, 0.2) is 0 Å². The SMILES string of the molecule is CC(C)COc1cccc2c1CC/C2=N\O. The number of fused-ring (bicyclic) bond motifs is 1. The highest BCUT2D eigenvalue weighted by Crippen LogP contribution is 2.31. The third-order valence-corrected chi connectivity index (χ3v) is 2.75. The van der Waals surface area contributed by atoms with Gasteiger partial charge < -0.3 is 9.94 Å². The van der Waals surface area contributed by atoms with Gasteiger partial charge in [-0.15, -0.1) is 0 Å². The van der Waals surface area contributed by atoms with Gasteiger partial charge in [-0.1, -0.05) is 31.1 Å². The van der Waals surface area contributed by atoms with Gasteiger partial charge in [0.1, 0.15) is 5.75 Å². The van der Waals surface area contributed by atoms with E-state index in [0.29, 0.717) is 5.92 Å². The van der Waals surface area contributed by atoms with E-state index in [1.165, 1.54) is 5.56 Å². The molecule has 0 saturated carbocycles. The Morgan fingerprint density at radius 3 is 2.88 bits per heavy atom. The number of rotatable bonds is 3. The second kappa shape index (κ2) is 4.56. The Morgan fingerprint density at radius 2 is 2.19 bits per heavy atom. The minimum atomic E-state index is 0.517. The van der Waals surface area contributed by atoms with Gasteiger partial charge in [0, 0.05) is 11.1 Å². The number of benzene rings is 1. The summed E-state index contributed by atoms with van der Waals surface area (Å²) in [6.45, 7) is 4.98. The highest BCUT2D eigenvalue weighted by atomic mass is 16.5. The molecule has 1 aliphatic carbocycles. The molecule has 0 fully saturated rings. The molecule has 2 rings (SSSR count). The average Bonchev–Trinajstić information content (AvgIpc) is 2.69. The lowest BCUT2D eigenvalue weighted by molar-refractivity contribution is 0.269. The maximum atomic E-state index is 8.87. The summed E-state index contributed by atoms with van der Waals surface area (Å²) in [6.07, 6.45) is 1.71. The second-order valence-electron chi connectivity index (χ2n) is 4.53. The zero-order chi connectivity index (χ0) is 11.5. The summed E-state index contributed by atoms with van der Waals surface area (Å²) < 4.78 is 5.77. The lowest BCUT2D eigenvalue weighted by Crippen LogP contribution is -2.06. The predicted octanol–water partition coefficient (Wildman–Crippen LogP) is 2.85. The highest BCUT2D eigenvalue weighted by molar-refractivity contribution is 6.04. The molecule has 1 aromatic carbocycles. The molecule has 0 spiro atoms. The molecule has 0 radical (unpaired) electrons. The smallest absolute Gasteiger partial charge is 0.123 e. The molecule has 0 unspecified atom stereocenters. The molecular weight excluding hydrogens is 202 g/mol. The first kappa shape index (κ1) is 11.0. The standard InChI is InChI=1S/C13H17NO2/c1-9(2)8-16-13-5-3-4-10-11(13)6-7-12(10)14-15/h3-5,9,15H,6-8H2,1-2H3/b14-12+. The fourth-order valence-corrected chi connectivity index (χ4v) is 1.97. The molecule has 0 aromatic heterocycles. The van der Waals surface area contributed by atoms with Crippen LogP contribution < -0.4 is 4.74 Å². The summed E-state index contributed by atoms with van der Waals surface area (Å²) in [5.41, 5.74) is 2.98. The van der Waals surface area contributed by atoms with E-state index in [1.54, 1.807) is 0 Å². The van der Waals surface area contributed by atoms with E-state index < -0.39 is 0 Å². The molecule has 0 atom stereocenters. The molecule has 3 nitrogen and oxygen atoms in total. The van der Waals surface area contributed by atoms with E-state index in [2.05, 4.69) is 19.0 Å². The van der Waals surface area contributed by atoms with Crippen molar-refractivity contribution in [2.24, 2.45) is 11.1 Å². The molecule has 0 heterocycles. The Morgan fingerprint density at radius 1 is 1.38 bits per heavy atom. The van der Waals surface area contributed by atoms with Crippen molar-refractivity contribution in [1.29, 1.82) is 0 Å². The van der Waals surface area contributed by atoms with Crippen molar-refractivity contribution in [2.75, 3.05) is 6.61 Å². The summed E-state index contributed by atoms with van der Waals surface area (Å²) in [6, 6.07) is 5.92. The van der Waals surface area contributed by atoms with Crippen molar-refractivity contribution < 1.29 is 9.94 Å². The molecule has 0 amide bonds. The third-order valence-electron chi connectivity index (χ3n) is 2.75. The van der Waals surface area contributed by atoms with Gasteiger partial charge in [-0.2, -0.15) is 0 Å². The minimum Gasteiger partial charge on any atom is -0.493 e. The van der Waals surface area contributed by atoms with Crippen LogP contribution in [0.3, 0.4) is 0 Å². The topological polar surface area (TPSA) is 41.8 Å². The van der Waals surface area contributed by atoms with Crippen LogP contribution in [-0.2, 0) is 6.42 Å². The van der Waals surface area contributed by atoms with E-state index in [1.807, 2.05) is 18.2 Å². The lowest BCUT2D eigenvalue weighted by Gasteiger charge is -2.12. The normalized spacial score (nSPS) is 16.8. The summed E-state index contributed by atoms with van der Waals surface area (Å²) in [4.78, 5) is 0. The Labute approximate surface area is 95.7 Å². The molecule has 3 heteroatoms. The Bertz CT molecular complexity index is 410. The van der Waals surface area contributed by atoms with Crippen LogP contribution in [-0.4, -0.2) is 17.5 Å². The minimum absolute atomic E-state index is 0.517. The van der Waals surface area contributed by atoms with Gasteiger partial charge in [-0.05, 0) is 24.8 Å². The molecule has 1 N–H and O–H groups in total. The second-order valence-corrected chi connectivity index (χ2v) is 4.53. The quantitative estimate of drug-likeness (QED) is 0.627. The van der Waals surface area contributed by atoms with Gasteiger partial charge in [-0.3, -0.25) is 0 Å². The summed E-state index contributed by atoms with van der Waals surface area (Å²) in [5.74, 6) is 1.45. The molecule has 1 aliphatic rings. The average molecular weight is 219 g/mol. The van der Waals surface area contributed by atoms with Crippen molar-refractivity contribution in [1.82, 2.24) is 0 Å². The van der Waals surface area contributed by atoms with Crippen LogP contribution in [0.25, 0.3) is 0 Å². The van der Waals surface area contributed by atoms with Crippen LogP contribution in [0.5, 0.6) is 5.75 Å². The van der Waals surface area contributed by atoms with Crippen LogP contribution in [0.4, 0.5) is 0 Å². The number of hydrogen-bond acceptors (Lipinski definition) is 3. The van der Waals surface area contributed by atoms with Gasteiger partial charge in [0.25, 0.3) is 0 Å². The van der Waals surface area contributed by atoms with Crippen LogP contribution in [0, 0.1) is 5.92 Å². The van der Waals surface area contributed by atoms with Crippen LogP contribution in [0.1, 0.15) is 31.4 Å². The fraction of sp³-hybridized carbons (Fsp3) is 0.462. The van der Waals surface area contributed by atoms with E-state index >= 15 is 0 Å². The van der Waals surface area contributed by atoms with Gasteiger partial charge >= 0.3 is 0 Å². The molecule has 16 heavy (non-hydrogen) atoms. The maximum Gasteiger partial charge on any atom is 0.123 e. The zero-order valence-corrected chi connectivity index (χ0v) is 9.73. The van der Waals surface area contributed by atoms with Crippen molar-refractivity contribution in [3.8, 4) is 5.75 Å². The first-order valence-electron chi connectivity index (χ1n) is 5.68. The number of nitrogens with zero attached hydrogens (tertiary/aromatic N) is 1. The first-order chi connectivity index (χ1) is 7.72. The number of hydrogen-bond donors (Lipinski definition) is 1. The van der Waals surface area contributed by atoms with E-state index in [0.717, 1.165) is 36.5 Å². The summed E-state index contributed by atoms with van der Waals surface area (Å²) in [7, 11) is 0. The third kappa shape index (κ3) is 2.03. The zero-order valence-electron chi connectivity index (χ0n) is 9.73. The predicted molar refractivity (Wildman–Crippen MR) is 63.4 cm³/mol. The van der Waals surface area contributed by atoms with E-state index in [4.69, 9.17) is 9.94 Å². The molecule has 0 saturated heterocycles. The molecule has 0 bridgehead atoms. The molecule has 1 aromatic rings. The highest BCUT2D eigenvalue weighted by Gasteiger charge is 2.21. The summed E-state index contributed by atoms with van der Waals surface area (Å²) >= 11 is 0. The Balaban J connectivity index is 2.25. The number of ether oxygens (including phenoxy) is 1. The van der Waals surface area contributed by atoms with Crippen molar-refractivity contribution in [3.63, 3.8) is 0 Å². The first-order valence-corrected chi connectivity index (χ1v) is 5.68. The molecule has 86 valence electrons. The van der Waals surface area contributed by atoms with Crippen LogP contribution >= 0.6 is 0 Å². The van der Waals surface area contributed by atoms with E-state index in [-0.39, 0.29) is 0 Å². The van der Waals surface area contributed by atoms with Gasteiger partial charge in [-0.25, -0.2) is 0 Å². The summed E-state index contributed by atoms with van der Waals surface area (Å²) in [5, 5.41) is 12.2. The maximum absolute atomic E-state index is 8.87. The van der Waals surface area contributed by atoms with E-state index in [9.17, 15) is 0 Å². The van der Waals surface area contributed by atoms with Gasteiger partial charge in [0.2, 0.25) is 0 Å². The number of oxime groups is 1. The Kier molecular flexibility index (Phi) is 3.13.